The van der Waals surface area contributed by atoms with Crippen molar-refractivity contribution in [3.05, 3.63) is 29.5 Å². The third kappa shape index (κ3) is 3.53. The normalized spacial score (nSPS) is 24.3. The first-order valence-electron chi connectivity index (χ1n) is 7.13. The van der Waals surface area contributed by atoms with Crippen molar-refractivity contribution in [1.29, 1.82) is 0 Å². The van der Waals surface area contributed by atoms with E-state index in [1.54, 1.807) is 23.8 Å². The van der Waals surface area contributed by atoms with E-state index in [0.717, 1.165) is 0 Å². The minimum Gasteiger partial charge on any atom is -0.394 e. The molecule has 3 rings (SSSR count). The SMILES string of the molecule is O=C(N[C@H]1CCO[C@H](CO)[C@H]1O)c1csc(-c2ncccn2)n1. The maximum Gasteiger partial charge on any atom is 0.271 e. The molecule has 1 aliphatic rings. The number of carbonyl (C=O) groups is 1. The zero-order valence-electron chi connectivity index (χ0n) is 12.1. The Hall–Kier alpha value is -1.94. The molecule has 0 radical (unpaired) electrons. The van der Waals surface area contributed by atoms with Gasteiger partial charge in [-0.05, 0) is 12.5 Å². The van der Waals surface area contributed by atoms with Crippen LogP contribution < -0.4 is 5.32 Å². The van der Waals surface area contributed by atoms with Crippen LogP contribution in [0.25, 0.3) is 10.8 Å². The van der Waals surface area contributed by atoms with Crippen LogP contribution in [0.15, 0.2) is 23.8 Å². The summed E-state index contributed by atoms with van der Waals surface area (Å²) in [6.45, 7) is 0.0765. The minimum absolute atomic E-state index is 0.247. The molecule has 3 heterocycles. The first kappa shape index (κ1) is 15.9. The molecule has 0 spiro atoms. The van der Waals surface area contributed by atoms with Crippen molar-refractivity contribution in [1.82, 2.24) is 20.3 Å². The summed E-state index contributed by atoms with van der Waals surface area (Å²) in [6.07, 6.45) is 2.06. The summed E-state index contributed by atoms with van der Waals surface area (Å²) >= 11 is 1.27. The molecule has 23 heavy (non-hydrogen) atoms. The van der Waals surface area contributed by atoms with E-state index in [2.05, 4.69) is 20.3 Å². The number of aromatic nitrogens is 3. The van der Waals surface area contributed by atoms with E-state index in [1.165, 1.54) is 11.3 Å². The van der Waals surface area contributed by atoms with Gasteiger partial charge in [-0.1, -0.05) is 0 Å². The summed E-state index contributed by atoms with van der Waals surface area (Å²) in [5, 5.41) is 24.1. The summed E-state index contributed by atoms with van der Waals surface area (Å²) in [6, 6.07) is 1.22. The van der Waals surface area contributed by atoms with E-state index in [-0.39, 0.29) is 18.2 Å². The third-order valence-electron chi connectivity index (χ3n) is 3.54. The molecule has 0 bridgehead atoms. The molecular weight excluding hydrogens is 320 g/mol. The molecule has 1 amide bonds. The lowest BCUT2D eigenvalue weighted by Crippen LogP contribution is -2.54. The second-order valence-corrected chi connectivity index (χ2v) is 5.92. The Morgan fingerprint density at radius 3 is 2.96 bits per heavy atom. The molecule has 1 fully saturated rings. The molecule has 2 aromatic heterocycles. The van der Waals surface area contributed by atoms with Crippen molar-refractivity contribution in [3.8, 4) is 10.8 Å². The summed E-state index contributed by atoms with van der Waals surface area (Å²) < 4.78 is 5.24. The minimum atomic E-state index is -0.951. The predicted octanol–water partition coefficient (Wildman–Crippen LogP) is -0.159. The molecule has 8 nitrogen and oxygen atoms in total. The molecule has 0 unspecified atom stereocenters. The third-order valence-corrected chi connectivity index (χ3v) is 4.38. The smallest absolute Gasteiger partial charge is 0.271 e. The number of nitrogens with one attached hydrogen (secondary N) is 1. The standard InChI is InChI=1S/C14H16N4O4S/c19-6-10-11(20)8(2-5-22-10)17-13(21)9-7-23-14(18-9)12-15-3-1-4-16-12/h1,3-4,7-8,10-11,19-20H,2,5-6H2,(H,17,21)/t8-,10+,11-/m0/s1. The van der Waals surface area contributed by atoms with E-state index in [9.17, 15) is 9.90 Å². The molecule has 2 aromatic rings. The molecule has 0 aromatic carbocycles. The Morgan fingerprint density at radius 2 is 2.22 bits per heavy atom. The molecule has 3 N–H and O–H groups in total. The lowest BCUT2D eigenvalue weighted by atomic mass is 10.00. The Morgan fingerprint density at radius 1 is 1.43 bits per heavy atom. The summed E-state index contributed by atoms with van der Waals surface area (Å²) in [5.41, 5.74) is 0.247. The Labute approximate surface area is 136 Å². The number of rotatable bonds is 4. The number of ether oxygens (including phenoxy) is 1. The van der Waals surface area contributed by atoms with Crippen LogP contribution in [-0.2, 0) is 4.74 Å². The van der Waals surface area contributed by atoms with Crippen LogP contribution in [0.4, 0.5) is 0 Å². The topological polar surface area (TPSA) is 117 Å². The van der Waals surface area contributed by atoms with Gasteiger partial charge < -0.3 is 20.3 Å². The maximum absolute atomic E-state index is 12.3. The molecule has 9 heteroatoms. The fourth-order valence-corrected chi connectivity index (χ4v) is 3.07. The van der Waals surface area contributed by atoms with Crippen molar-refractivity contribution >= 4 is 17.2 Å². The fourth-order valence-electron chi connectivity index (χ4n) is 2.33. The number of hydrogen-bond donors (Lipinski definition) is 3. The molecule has 0 aliphatic carbocycles. The summed E-state index contributed by atoms with van der Waals surface area (Å²) in [5.74, 6) is 0.0778. The van der Waals surface area contributed by atoms with Gasteiger partial charge in [-0.15, -0.1) is 11.3 Å². The predicted molar refractivity (Wildman–Crippen MR) is 81.8 cm³/mol. The zero-order chi connectivity index (χ0) is 16.2. The second kappa shape index (κ2) is 7.09. The van der Waals surface area contributed by atoms with E-state index in [4.69, 9.17) is 9.84 Å². The van der Waals surface area contributed by atoms with Gasteiger partial charge in [0, 0.05) is 24.4 Å². The number of nitrogens with zero attached hydrogens (tertiary/aromatic N) is 3. The number of carbonyl (C=O) groups excluding carboxylic acids is 1. The number of aliphatic hydroxyl groups is 2. The first-order valence-corrected chi connectivity index (χ1v) is 8.01. The largest absolute Gasteiger partial charge is 0.394 e. The molecule has 0 saturated carbocycles. The van der Waals surface area contributed by atoms with E-state index in [1.807, 2.05) is 0 Å². The van der Waals surface area contributed by atoms with Gasteiger partial charge in [-0.3, -0.25) is 4.79 Å². The molecule has 122 valence electrons. The van der Waals surface area contributed by atoms with Gasteiger partial charge in [0.05, 0.1) is 12.6 Å². The van der Waals surface area contributed by atoms with Crippen LogP contribution in [-0.4, -0.2) is 62.5 Å². The Bertz CT molecular complexity index is 666. The van der Waals surface area contributed by atoms with Crippen LogP contribution >= 0.6 is 11.3 Å². The van der Waals surface area contributed by atoms with Crippen LogP contribution in [0.3, 0.4) is 0 Å². The van der Waals surface area contributed by atoms with Crippen LogP contribution in [0, 0.1) is 0 Å². The molecule has 1 aliphatic heterocycles. The Kier molecular flexibility index (Phi) is 4.91. The van der Waals surface area contributed by atoms with E-state index >= 15 is 0 Å². The van der Waals surface area contributed by atoms with E-state index < -0.39 is 18.2 Å². The van der Waals surface area contributed by atoms with Gasteiger partial charge in [-0.25, -0.2) is 15.0 Å². The monoisotopic (exact) mass is 336 g/mol. The van der Waals surface area contributed by atoms with Crippen molar-refractivity contribution in [2.75, 3.05) is 13.2 Å². The lowest BCUT2D eigenvalue weighted by molar-refractivity contribution is -0.107. The van der Waals surface area contributed by atoms with Crippen LogP contribution in [0.2, 0.25) is 0 Å². The summed E-state index contributed by atoms with van der Waals surface area (Å²) in [7, 11) is 0. The Balaban J connectivity index is 1.68. The van der Waals surface area contributed by atoms with Gasteiger partial charge >= 0.3 is 0 Å². The number of amides is 1. The highest BCUT2D eigenvalue weighted by Crippen LogP contribution is 2.20. The van der Waals surface area contributed by atoms with Gasteiger partial charge in [0.15, 0.2) is 10.8 Å². The number of aliphatic hydroxyl groups excluding tert-OH is 2. The average molecular weight is 336 g/mol. The van der Waals surface area contributed by atoms with Crippen molar-refractivity contribution in [2.45, 2.75) is 24.7 Å². The van der Waals surface area contributed by atoms with Crippen molar-refractivity contribution in [2.24, 2.45) is 0 Å². The quantitative estimate of drug-likeness (QED) is 0.710. The fraction of sp³-hybridized carbons (Fsp3) is 0.429. The van der Waals surface area contributed by atoms with Gasteiger partial charge in [0.2, 0.25) is 0 Å². The van der Waals surface area contributed by atoms with Crippen LogP contribution in [0.1, 0.15) is 16.9 Å². The van der Waals surface area contributed by atoms with E-state index in [0.29, 0.717) is 23.9 Å². The highest BCUT2D eigenvalue weighted by molar-refractivity contribution is 7.13. The summed E-state index contributed by atoms with van der Waals surface area (Å²) in [4.78, 5) is 24.7. The van der Waals surface area contributed by atoms with Crippen LogP contribution in [0.5, 0.6) is 0 Å². The lowest BCUT2D eigenvalue weighted by Gasteiger charge is -2.34. The molecule has 1 saturated heterocycles. The van der Waals surface area contributed by atoms with Gasteiger partial charge in [0.25, 0.3) is 5.91 Å². The number of hydrogen-bond acceptors (Lipinski definition) is 8. The maximum atomic E-state index is 12.3. The van der Waals surface area contributed by atoms with Crippen molar-refractivity contribution < 1.29 is 19.7 Å². The highest BCUT2D eigenvalue weighted by Gasteiger charge is 2.33. The molecule has 3 atom stereocenters. The first-order chi connectivity index (χ1) is 11.2. The highest BCUT2D eigenvalue weighted by atomic mass is 32.1. The second-order valence-electron chi connectivity index (χ2n) is 5.06. The average Bonchev–Trinajstić information content (AvgIpc) is 3.08. The van der Waals surface area contributed by atoms with Gasteiger partial charge in [-0.2, -0.15) is 0 Å². The zero-order valence-corrected chi connectivity index (χ0v) is 12.9. The molecular formula is C14H16N4O4S. The van der Waals surface area contributed by atoms with Gasteiger partial charge in [0.1, 0.15) is 17.9 Å². The van der Waals surface area contributed by atoms with Crippen molar-refractivity contribution in [3.63, 3.8) is 0 Å². The number of thiazole rings is 1.